The van der Waals surface area contributed by atoms with Crippen LogP contribution in [0.2, 0.25) is 0 Å². The molecule has 1 saturated heterocycles. The van der Waals surface area contributed by atoms with Gasteiger partial charge in [0.2, 0.25) is 0 Å². The lowest BCUT2D eigenvalue weighted by molar-refractivity contribution is -0.122. The number of hydrogen-bond acceptors (Lipinski definition) is 6. The van der Waals surface area contributed by atoms with E-state index in [-0.39, 0.29) is 18.3 Å². The number of hydrogen-bond donors (Lipinski definition) is 1. The molecule has 2 heterocycles. The van der Waals surface area contributed by atoms with Gasteiger partial charge in [-0.3, -0.25) is 0 Å². The van der Waals surface area contributed by atoms with Crippen molar-refractivity contribution in [2.24, 2.45) is 0 Å². The molecule has 0 unspecified atom stereocenters. The molecule has 3 atom stereocenters. The molecule has 0 amide bonds. The molecule has 20 heavy (non-hydrogen) atoms. The molecule has 0 aromatic carbocycles. The van der Waals surface area contributed by atoms with Crippen molar-refractivity contribution in [3.63, 3.8) is 0 Å². The minimum absolute atomic E-state index is 0.0869. The van der Waals surface area contributed by atoms with Crippen LogP contribution in [0.3, 0.4) is 0 Å². The number of aliphatic hydroxyl groups excluding tert-OH is 1. The predicted molar refractivity (Wildman–Crippen MR) is 73.4 cm³/mol. The SMILES string of the molecule is COCc1cc(C[C@@H]2CC[C@H](O)[C@@H](CN(C)C)O2)no1. The van der Waals surface area contributed by atoms with E-state index in [2.05, 4.69) is 5.16 Å². The highest BCUT2D eigenvalue weighted by Gasteiger charge is 2.30. The molecule has 2 rings (SSSR count). The fourth-order valence-electron chi connectivity index (χ4n) is 2.52. The average Bonchev–Trinajstić information content (AvgIpc) is 2.81. The highest BCUT2D eigenvalue weighted by atomic mass is 16.5. The van der Waals surface area contributed by atoms with Gasteiger partial charge in [-0.2, -0.15) is 0 Å². The summed E-state index contributed by atoms with van der Waals surface area (Å²) in [7, 11) is 5.59. The molecule has 1 aromatic heterocycles. The number of aliphatic hydroxyl groups is 1. The second-order valence-corrected chi connectivity index (χ2v) is 5.63. The van der Waals surface area contributed by atoms with Gasteiger partial charge in [0.1, 0.15) is 6.61 Å². The summed E-state index contributed by atoms with van der Waals surface area (Å²) in [5.74, 6) is 0.725. The first-order chi connectivity index (χ1) is 9.58. The van der Waals surface area contributed by atoms with Crippen molar-refractivity contribution in [1.82, 2.24) is 10.1 Å². The maximum atomic E-state index is 9.97. The van der Waals surface area contributed by atoms with Gasteiger partial charge in [-0.25, -0.2) is 0 Å². The Bertz CT molecular complexity index is 408. The van der Waals surface area contributed by atoms with Gasteiger partial charge >= 0.3 is 0 Å². The molecule has 1 aromatic rings. The van der Waals surface area contributed by atoms with Crippen LogP contribution in [0.1, 0.15) is 24.3 Å². The number of aromatic nitrogens is 1. The third-order valence-corrected chi connectivity index (χ3v) is 3.46. The molecule has 1 N–H and O–H groups in total. The molecule has 0 aliphatic carbocycles. The lowest BCUT2D eigenvalue weighted by Crippen LogP contribution is -2.45. The number of likely N-dealkylation sites (N-methyl/N-ethyl adjacent to an activating group) is 1. The van der Waals surface area contributed by atoms with E-state index in [9.17, 15) is 5.11 Å². The summed E-state index contributed by atoms with van der Waals surface area (Å²) in [5, 5.41) is 14.0. The molecule has 0 radical (unpaired) electrons. The first-order valence-electron chi connectivity index (χ1n) is 7.00. The Hall–Kier alpha value is -0.950. The number of nitrogens with zero attached hydrogens (tertiary/aromatic N) is 2. The molecule has 6 heteroatoms. The van der Waals surface area contributed by atoms with Gasteiger partial charge in [0.15, 0.2) is 5.76 Å². The van der Waals surface area contributed by atoms with Crippen molar-refractivity contribution in [2.75, 3.05) is 27.7 Å². The van der Waals surface area contributed by atoms with Crippen LogP contribution in [0.25, 0.3) is 0 Å². The van der Waals surface area contributed by atoms with Gasteiger partial charge in [-0.05, 0) is 26.9 Å². The number of rotatable bonds is 6. The molecule has 1 aliphatic heterocycles. The topological polar surface area (TPSA) is 68.0 Å². The van der Waals surface area contributed by atoms with Gasteiger partial charge in [0.25, 0.3) is 0 Å². The van der Waals surface area contributed by atoms with E-state index < -0.39 is 0 Å². The zero-order valence-corrected chi connectivity index (χ0v) is 12.4. The minimum atomic E-state index is -0.380. The molecule has 114 valence electrons. The van der Waals surface area contributed by atoms with E-state index in [0.29, 0.717) is 13.0 Å². The van der Waals surface area contributed by atoms with Crippen LogP contribution in [0, 0.1) is 0 Å². The number of ether oxygens (including phenoxy) is 2. The van der Waals surface area contributed by atoms with Gasteiger partial charge in [0.05, 0.1) is 24.0 Å². The highest BCUT2D eigenvalue weighted by Crippen LogP contribution is 2.23. The maximum Gasteiger partial charge on any atom is 0.162 e. The molecular weight excluding hydrogens is 260 g/mol. The quantitative estimate of drug-likeness (QED) is 0.834. The fraction of sp³-hybridized carbons (Fsp3) is 0.786. The van der Waals surface area contributed by atoms with Crippen molar-refractivity contribution in [1.29, 1.82) is 0 Å². The van der Waals surface area contributed by atoms with Crippen LogP contribution in [0.4, 0.5) is 0 Å². The summed E-state index contributed by atoms with van der Waals surface area (Å²) in [5.41, 5.74) is 0.877. The van der Waals surface area contributed by atoms with Gasteiger partial charge < -0.3 is 24.0 Å². The van der Waals surface area contributed by atoms with Gasteiger partial charge in [-0.15, -0.1) is 0 Å². The summed E-state index contributed by atoms with van der Waals surface area (Å²) < 4.78 is 16.2. The highest BCUT2D eigenvalue weighted by molar-refractivity contribution is 5.06. The molecule has 0 bridgehead atoms. The molecule has 0 saturated carbocycles. The third kappa shape index (κ3) is 4.28. The van der Waals surface area contributed by atoms with Crippen LogP contribution in [0.5, 0.6) is 0 Å². The van der Waals surface area contributed by atoms with Crippen LogP contribution in [-0.2, 0) is 22.5 Å². The lowest BCUT2D eigenvalue weighted by atomic mass is 9.98. The molecule has 0 spiro atoms. The van der Waals surface area contributed by atoms with E-state index in [1.165, 1.54) is 0 Å². The monoisotopic (exact) mass is 284 g/mol. The summed E-state index contributed by atoms with van der Waals surface area (Å²) in [6.07, 6.45) is 1.90. The van der Waals surface area contributed by atoms with E-state index in [1.807, 2.05) is 25.1 Å². The van der Waals surface area contributed by atoms with Crippen LogP contribution >= 0.6 is 0 Å². The van der Waals surface area contributed by atoms with Crippen molar-refractivity contribution < 1.29 is 19.1 Å². The zero-order valence-electron chi connectivity index (χ0n) is 12.4. The summed E-state index contributed by atoms with van der Waals surface area (Å²) in [4.78, 5) is 2.03. The average molecular weight is 284 g/mol. The summed E-state index contributed by atoms with van der Waals surface area (Å²) in [6.45, 7) is 1.16. The molecule has 1 fully saturated rings. The smallest absolute Gasteiger partial charge is 0.162 e. The third-order valence-electron chi connectivity index (χ3n) is 3.46. The van der Waals surface area contributed by atoms with Gasteiger partial charge in [0, 0.05) is 26.1 Å². The van der Waals surface area contributed by atoms with Crippen LogP contribution in [0.15, 0.2) is 10.6 Å². The molecule has 6 nitrogen and oxygen atoms in total. The second-order valence-electron chi connectivity index (χ2n) is 5.63. The van der Waals surface area contributed by atoms with Crippen molar-refractivity contribution >= 4 is 0 Å². The molecule has 1 aliphatic rings. The second kappa shape index (κ2) is 7.17. The maximum absolute atomic E-state index is 9.97. The normalized spacial score (nSPS) is 27.1. The van der Waals surface area contributed by atoms with E-state index in [0.717, 1.165) is 30.8 Å². The van der Waals surface area contributed by atoms with E-state index in [1.54, 1.807) is 7.11 Å². The Morgan fingerprint density at radius 2 is 2.25 bits per heavy atom. The van der Waals surface area contributed by atoms with Gasteiger partial charge in [-0.1, -0.05) is 5.16 Å². The summed E-state index contributed by atoms with van der Waals surface area (Å²) in [6, 6.07) is 1.90. The van der Waals surface area contributed by atoms with Crippen LogP contribution in [-0.4, -0.2) is 61.2 Å². The van der Waals surface area contributed by atoms with Crippen LogP contribution < -0.4 is 0 Å². The first-order valence-corrected chi connectivity index (χ1v) is 7.00. The minimum Gasteiger partial charge on any atom is -0.390 e. The predicted octanol–water partition coefficient (Wildman–Crippen LogP) is 0.834. The zero-order chi connectivity index (χ0) is 14.5. The number of methoxy groups -OCH3 is 1. The van der Waals surface area contributed by atoms with Crippen molar-refractivity contribution in [3.8, 4) is 0 Å². The fourth-order valence-corrected chi connectivity index (χ4v) is 2.52. The van der Waals surface area contributed by atoms with E-state index in [4.69, 9.17) is 14.0 Å². The Balaban J connectivity index is 1.88. The Morgan fingerprint density at radius 3 is 2.95 bits per heavy atom. The van der Waals surface area contributed by atoms with E-state index >= 15 is 0 Å². The van der Waals surface area contributed by atoms with Crippen molar-refractivity contribution in [3.05, 3.63) is 17.5 Å². The summed E-state index contributed by atoms with van der Waals surface area (Å²) >= 11 is 0. The Morgan fingerprint density at radius 1 is 1.45 bits per heavy atom. The molecular formula is C14H24N2O4. The largest absolute Gasteiger partial charge is 0.390 e. The first kappa shape index (κ1) is 15.4. The van der Waals surface area contributed by atoms with Crippen molar-refractivity contribution in [2.45, 2.75) is 44.2 Å². The standard InChI is InChI=1S/C14H24N2O4/c1-16(2)8-14-13(17)5-4-11(19-14)6-10-7-12(9-18-3)20-15-10/h7,11,13-14,17H,4-6,8-9H2,1-3H3/t11-,13-,14+/m0/s1. The Kier molecular flexibility index (Phi) is 5.54. The lowest BCUT2D eigenvalue weighted by Gasteiger charge is -2.35. The Labute approximate surface area is 119 Å².